The number of rotatable bonds is 7. The van der Waals surface area contributed by atoms with Crippen molar-refractivity contribution < 1.29 is 9.84 Å². The van der Waals surface area contributed by atoms with E-state index in [1.165, 1.54) is 47.7 Å². The minimum Gasteiger partial charge on any atom is -0.393 e. The Hall–Kier alpha value is -0.290. The lowest BCUT2D eigenvalue weighted by atomic mass is 9.76. The monoisotopic (exact) mass is 760 g/mol. The van der Waals surface area contributed by atoms with Gasteiger partial charge in [0.2, 0.25) is 0 Å². The molecule has 1 saturated carbocycles. The van der Waals surface area contributed by atoms with Crippen molar-refractivity contribution in [1.29, 1.82) is 0 Å². The SMILES string of the molecule is CCCC1C(C)C2CC3NC(CC4NC(CC5NC6C(CC(O)C6C5C)C1N2)C(CC)C4C)C(C(C)OCc1cccc(I)c1)C3C. The summed E-state index contributed by atoms with van der Waals surface area (Å²) in [7, 11) is 0. The maximum Gasteiger partial charge on any atom is 0.0721 e. The fraction of sp³-hybridized carbons (Fsp3) is 0.850. The molecule has 7 rings (SSSR count). The number of hydrogen-bond donors (Lipinski definition) is 5. The Kier molecular flexibility index (Phi) is 10.7. The van der Waals surface area contributed by atoms with Gasteiger partial charge >= 0.3 is 0 Å². The summed E-state index contributed by atoms with van der Waals surface area (Å²) >= 11 is 2.41. The van der Waals surface area contributed by atoms with E-state index in [-0.39, 0.29) is 12.2 Å². The molecule has 7 heteroatoms. The molecule has 5 saturated heterocycles. The van der Waals surface area contributed by atoms with E-state index in [0.717, 1.165) is 6.42 Å². The molecule has 19 unspecified atom stereocenters. The first kappa shape index (κ1) is 35.1. The summed E-state index contributed by atoms with van der Waals surface area (Å²) in [5.74, 6) is 5.10. The molecule has 1 aliphatic carbocycles. The summed E-state index contributed by atoms with van der Waals surface area (Å²) in [6.07, 6.45) is 8.24. The van der Waals surface area contributed by atoms with Crippen LogP contribution in [0.25, 0.3) is 0 Å². The van der Waals surface area contributed by atoms with E-state index in [0.29, 0.717) is 108 Å². The molecular weight excluding hydrogens is 695 g/mol. The van der Waals surface area contributed by atoms with E-state index in [9.17, 15) is 5.11 Å². The lowest BCUT2D eigenvalue weighted by Crippen LogP contribution is -2.48. The number of aliphatic hydroxyl groups excluding tert-OH is 1. The van der Waals surface area contributed by atoms with Gasteiger partial charge in [-0.1, -0.05) is 66.5 Å². The zero-order valence-electron chi connectivity index (χ0n) is 30.2. The van der Waals surface area contributed by atoms with E-state index < -0.39 is 0 Å². The number of hydrogen-bond acceptors (Lipinski definition) is 6. The number of fused-ring (bicyclic) bond motifs is 8. The van der Waals surface area contributed by atoms with Crippen LogP contribution in [0.2, 0.25) is 0 Å². The summed E-state index contributed by atoms with van der Waals surface area (Å²) in [5.41, 5.74) is 1.27. The zero-order valence-corrected chi connectivity index (χ0v) is 32.3. The van der Waals surface area contributed by atoms with Gasteiger partial charge in [-0.3, -0.25) is 0 Å². The minimum atomic E-state index is -0.182. The Morgan fingerprint density at radius 3 is 2.17 bits per heavy atom. The average molecular weight is 761 g/mol. The van der Waals surface area contributed by atoms with Crippen LogP contribution in [-0.2, 0) is 11.3 Å². The summed E-state index contributed by atoms with van der Waals surface area (Å²) in [6, 6.07) is 12.7. The molecule has 47 heavy (non-hydrogen) atoms. The molecule has 0 amide bonds. The number of aliphatic hydroxyl groups is 1. The molecule has 6 nitrogen and oxygen atoms in total. The number of ether oxygens (including phenoxy) is 1. The highest BCUT2D eigenvalue weighted by Gasteiger charge is 2.58. The third-order valence-corrected chi connectivity index (χ3v) is 15.7. The van der Waals surface area contributed by atoms with E-state index in [2.05, 4.69) is 117 Å². The van der Waals surface area contributed by atoms with Crippen molar-refractivity contribution in [2.24, 2.45) is 53.3 Å². The van der Waals surface area contributed by atoms with Gasteiger partial charge in [0.05, 0.1) is 18.8 Å². The summed E-state index contributed by atoms with van der Waals surface area (Å²) in [6.45, 7) is 17.8. The Balaban J connectivity index is 1.19. The van der Waals surface area contributed by atoms with E-state index in [4.69, 9.17) is 4.74 Å². The molecule has 264 valence electrons. The highest BCUT2D eigenvalue weighted by molar-refractivity contribution is 14.1. The largest absolute Gasteiger partial charge is 0.393 e. The molecular formula is C40H65IN4O2. The molecule has 5 N–H and O–H groups in total. The van der Waals surface area contributed by atoms with Crippen molar-refractivity contribution in [2.75, 3.05) is 0 Å². The quantitative estimate of drug-likeness (QED) is 0.209. The summed E-state index contributed by atoms with van der Waals surface area (Å²) in [5, 5.41) is 28.7. The average Bonchev–Trinajstić information content (AvgIpc) is 3.79. The predicted molar refractivity (Wildman–Crippen MR) is 200 cm³/mol. The van der Waals surface area contributed by atoms with Gasteiger partial charge in [-0.2, -0.15) is 0 Å². The van der Waals surface area contributed by atoms with Gasteiger partial charge in [0, 0.05) is 63.7 Å². The Bertz CT molecular complexity index is 1220. The maximum absolute atomic E-state index is 11.6. The highest BCUT2D eigenvalue weighted by atomic mass is 127. The first-order valence-corrected chi connectivity index (χ1v) is 20.8. The van der Waals surface area contributed by atoms with Crippen molar-refractivity contribution in [3.8, 4) is 0 Å². The fourth-order valence-electron chi connectivity index (χ4n) is 12.6. The second-order valence-electron chi connectivity index (χ2n) is 17.3. The smallest absolute Gasteiger partial charge is 0.0721 e. The molecule has 0 aromatic heterocycles. The maximum atomic E-state index is 11.6. The van der Waals surface area contributed by atoms with Gasteiger partial charge in [-0.15, -0.1) is 0 Å². The third-order valence-electron chi connectivity index (χ3n) is 15.1. The topological polar surface area (TPSA) is 77.6 Å². The van der Waals surface area contributed by atoms with Crippen molar-refractivity contribution in [1.82, 2.24) is 21.3 Å². The van der Waals surface area contributed by atoms with Gasteiger partial charge in [-0.25, -0.2) is 0 Å². The zero-order chi connectivity index (χ0) is 33.1. The number of halogens is 1. The van der Waals surface area contributed by atoms with E-state index >= 15 is 0 Å². The van der Waals surface area contributed by atoms with E-state index in [1.807, 2.05) is 0 Å². The minimum absolute atomic E-state index is 0.182. The van der Waals surface area contributed by atoms with Crippen LogP contribution >= 0.6 is 22.6 Å². The first-order valence-electron chi connectivity index (χ1n) is 19.7. The molecule has 5 heterocycles. The molecule has 19 atom stereocenters. The standard InChI is InChI=1S/C40H65IN4O2/c1-8-11-28-21(4)31-16-32-22(5)37(24(7)47-19-25-12-10-13-26(41)14-25)35(43-32)18-30-20(3)27(9-2)34(42-30)17-33-23(6)38-36(46)15-29(39(28)44-31)40(38)45-33/h10,12-14,20-24,27-40,42-46H,8-9,11,15-19H2,1-7H3. The molecule has 0 spiro atoms. The van der Waals surface area contributed by atoms with Crippen molar-refractivity contribution >= 4 is 22.6 Å². The molecule has 5 aliphatic heterocycles. The molecule has 6 fully saturated rings. The van der Waals surface area contributed by atoms with Crippen molar-refractivity contribution in [2.45, 2.75) is 161 Å². The first-order chi connectivity index (χ1) is 22.6. The van der Waals surface area contributed by atoms with Crippen LogP contribution in [0.3, 0.4) is 0 Å². The lowest BCUT2D eigenvalue weighted by Gasteiger charge is -2.32. The summed E-state index contributed by atoms with van der Waals surface area (Å²) < 4.78 is 8.04. The van der Waals surface area contributed by atoms with Gasteiger partial charge in [0.1, 0.15) is 0 Å². The molecule has 0 radical (unpaired) electrons. The molecule has 6 aliphatic rings. The Labute approximate surface area is 299 Å². The van der Waals surface area contributed by atoms with Crippen LogP contribution in [0.1, 0.15) is 99.0 Å². The van der Waals surface area contributed by atoms with Crippen LogP contribution in [0.5, 0.6) is 0 Å². The van der Waals surface area contributed by atoms with Crippen LogP contribution in [0, 0.1) is 56.8 Å². The van der Waals surface area contributed by atoms with Crippen molar-refractivity contribution in [3.05, 3.63) is 33.4 Å². The van der Waals surface area contributed by atoms with Crippen LogP contribution in [0.4, 0.5) is 0 Å². The predicted octanol–water partition coefficient (Wildman–Crippen LogP) is 6.34. The van der Waals surface area contributed by atoms with Crippen LogP contribution in [0.15, 0.2) is 24.3 Å². The Morgan fingerprint density at radius 1 is 0.787 bits per heavy atom. The summed E-state index contributed by atoms with van der Waals surface area (Å²) in [4.78, 5) is 0. The number of benzene rings is 1. The molecule has 1 aromatic carbocycles. The normalized spacial score (nSPS) is 49.9. The highest BCUT2D eigenvalue weighted by Crippen LogP contribution is 2.50. The van der Waals surface area contributed by atoms with Crippen molar-refractivity contribution in [3.63, 3.8) is 0 Å². The van der Waals surface area contributed by atoms with Gasteiger partial charge < -0.3 is 31.1 Å². The van der Waals surface area contributed by atoms with Crippen LogP contribution in [-0.4, -0.2) is 65.6 Å². The second kappa shape index (κ2) is 14.4. The lowest BCUT2D eigenvalue weighted by molar-refractivity contribution is -0.00488. The molecule has 8 bridgehead atoms. The molecule has 1 aromatic rings. The van der Waals surface area contributed by atoms with Crippen LogP contribution < -0.4 is 21.3 Å². The van der Waals surface area contributed by atoms with Gasteiger partial charge in [0.25, 0.3) is 0 Å². The third kappa shape index (κ3) is 6.52. The fourth-order valence-corrected chi connectivity index (χ4v) is 13.2. The van der Waals surface area contributed by atoms with E-state index in [1.54, 1.807) is 0 Å². The second-order valence-corrected chi connectivity index (χ2v) is 18.5. The number of nitrogens with one attached hydrogen (secondary N) is 4. The Morgan fingerprint density at radius 2 is 1.43 bits per heavy atom. The van der Waals surface area contributed by atoms with Gasteiger partial charge in [-0.05, 0) is 121 Å². The van der Waals surface area contributed by atoms with Gasteiger partial charge in [0.15, 0.2) is 0 Å².